The highest BCUT2D eigenvalue weighted by molar-refractivity contribution is 5.80. The van der Waals surface area contributed by atoms with E-state index in [0.29, 0.717) is 0 Å². The van der Waals surface area contributed by atoms with Crippen molar-refractivity contribution >= 4 is 11.9 Å². The average molecular weight is 273 g/mol. The van der Waals surface area contributed by atoms with E-state index in [4.69, 9.17) is 15.6 Å². The molecule has 1 atom stereocenters. The lowest BCUT2D eigenvalue weighted by Gasteiger charge is -2.35. The molecule has 8 heteroatoms. The van der Waals surface area contributed by atoms with Crippen LogP contribution in [0, 0.1) is 5.41 Å². The number of alkyl halides is 3. The number of carboxylic acid groups (broad SMARTS) is 1. The van der Waals surface area contributed by atoms with E-state index in [2.05, 4.69) is 4.74 Å². The second-order valence-electron chi connectivity index (χ2n) is 4.75. The van der Waals surface area contributed by atoms with E-state index in [1.165, 1.54) is 7.11 Å². The van der Waals surface area contributed by atoms with Gasteiger partial charge in [-0.25, -0.2) is 4.79 Å². The Morgan fingerprint density at radius 2 is 1.39 bits per heavy atom. The van der Waals surface area contributed by atoms with Crippen molar-refractivity contribution in [3.05, 3.63) is 0 Å². The summed E-state index contributed by atoms with van der Waals surface area (Å²) in [6, 6.07) is 0. The molecular formula is C10H18F3NO4. The van der Waals surface area contributed by atoms with Gasteiger partial charge < -0.3 is 15.6 Å². The maximum atomic E-state index is 11.1. The fourth-order valence-electron chi connectivity index (χ4n) is 0.518. The molecule has 0 aromatic rings. The van der Waals surface area contributed by atoms with Crippen molar-refractivity contribution in [2.24, 2.45) is 11.1 Å². The topological polar surface area (TPSA) is 89.6 Å². The highest BCUT2D eigenvalue weighted by Gasteiger charge is 2.41. The number of methoxy groups -OCH3 is 1. The predicted octanol–water partition coefficient (Wildman–Crippen LogP) is 1.56. The first kappa shape index (κ1) is 19.0. The molecule has 0 aromatic carbocycles. The maximum absolute atomic E-state index is 11.1. The van der Waals surface area contributed by atoms with Gasteiger partial charge in [0.2, 0.25) is 0 Å². The number of rotatable bonds is 1. The van der Waals surface area contributed by atoms with Crippen LogP contribution in [0.2, 0.25) is 0 Å². The molecule has 18 heavy (non-hydrogen) atoms. The number of hydrogen-bond acceptors (Lipinski definition) is 4. The molecule has 108 valence electrons. The Labute approximate surface area is 103 Å². The molecular weight excluding hydrogens is 255 g/mol. The van der Waals surface area contributed by atoms with Crippen LogP contribution in [0.1, 0.15) is 27.7 Å². The van der Waals surface area contributed by atoms with Gasteiger partial charge in [-0.3, -0.25) is 4.79 Å². The SMILES string of the molecule is COC(=O)[C@](C)(N)C(C)(C)C.O=C(O)C(F)(F)F. The molecule has 0 aliphatic carbocycles. The highest BCUT2D eigenvalue weighted by Crippen LogP contribution is 2.28. The van der Waals surface area contributed by atoms with Gasteiger partial charge in [0.25, 0.3) is 0 Å². The van der Waals surface area contributed by atoms with E-state index in [9.17, 15) is 18.0 Å². The van der Waals surface area contributed by atoms with Crippen molar-refractivity contribution in [3.8, 4) is 0 Å². The fraction of sp³-hybridized carbons (Fsp3) is 0.800. The summed E-state index contributed by atoms with van der Waals surface area (Å²) in [5.41, 5.74) is 4.58. The Bertz CT molecular complexity index is 305. The van der Waals surface area contributed by atoms with Gasteiger partial charge in [-0.2, -0.15) is 13.2 Å². The summed E-state index contributed by atoms with van der Waals surface area (Å²) < 4.78 is 36.3. The van der Waals surface area contributed by atoms with E-state index in [-0.39, 0.29) is 11.4 Å². The average Bonchev–Trinajstić information content (AvgIpc) is 2.14. The minimum atomic E-state index is -5.08. The van der Waals surface area contributed by atoms with Crippen molar-refractivity contribution in [1.29, 1.82) is 0 Å². The van der Waals surface area contributed by atoms with Gasteiger partial charge >= 0.3 is 18.1 Å². The molecule has 0 saturated carbocycles. The second kappa shape index (κ2) is 6.03. The normalized spacial score (nSPS) is 14.9. The number of carbonyl (C=O) groups is 2. The van der Waals surface area contributed by atoms with Crippen LogP contribution < -0.4 is 5.73 Å². The highest BCUT2D eigenvalue weighted by atomic mass is 19.4. The van der Waals surface area contributed by atoms with E-state index in [1.807, 2.05) is 20.8 Å². The Hall–Kier alpha value is -1.31. The molecule has 0 aromatic heterocycles. The molecule has 0 rings (SSSR count). The Morgan fingerprint density at radius 3 is 1.44 bits per heavy atom. The van der Waals surface area contributed by atoms with Gasteiger partial charge in [0.15, 0.2) is 0 Å². The van der Waals surface area contributed by atoms with Crippen LogP contribution in [0.15, 0.2) is 0 Å². The number of esters is 1. The number of hydrogen-bond donors (Lipinski definition) is 2. The molecule has 3 N–H and O–H groups in total. The molecule has 0 radical (unpaired) electrons. The summed E-state index contributed by atoms with van der Waals surface area (Å²) in [4.78, 5) is 20.0. The molecule has 0 aliphatic rings. The molecule has 0 aliphatic heterocycles. The van der Waals surface area contributed by atoms with Gasteiger partial charge in [0.1, 0.15) is 5.54 Å². The molecule has 0 amide bonds. The van der Waals surface area contributed by atoms with Crippen LogP contribution in [0.5, 0.6) is 0 Å². The zero-order valence-corrected chi connectivity index (χ0v) is 10.9. The van der Waals surface area contributed by atoms with Crippen LogP contribution >= 0.6 is 0 Å². The van der Waals surface area contributed by atoms with Gasteiger partial charge in [-0.15, -0.1) is 0 Å². The summed E-state index contributed by atoms with van der Waals surface area (Å²) in [5.74, 6) is -3.13. The summed E-state index contributed by atoms with van der Waals surface area (Å²) in [5, 5.41) is 7.12. The summed E-state index contributed by atoms with van der Waals surface area (Å²) in [7, 11) is 1.35. The van der Waals surface area contributed by atoms with E-state index >= 15 is 0 Å². The molecule has 5 nitrogen and oxygen atoms in total. The lowest BCUT2D eigenvalue weighted by molar-refractivity contribution is -0.192. The van der Waals surface area contributed by atoms with E-state index in [1.54, 1.807) is 6.92 Å². The number of aliphatic carboxylic acids is 1. The van der Waals surface area contributed by atoms with Crippen molar-refractivity contribution < 1.29 is 32.6 Å². The monoisotopic (exact) mass is 273 g/mol. The molecule has 0 saturated heterocycles. The summed E-state index contributed by atoms with van der Waals surface area (Å²) in [6.45, 7) is 7.40. The Balaban J connectivity index is 0. The lowest BCUT2D eigenvalue weighted by atomic mass is 9.76. The summed E-state index contributed by atoms with van der Waals surface area (Å²) >= 11 is 0. The number of nitrogens with two attached hydrogens (primary N) is 1. The van der Waals surface area contributed by atoms with Crippen LogP contribution in [-0.4, -0.2) is 35.9 Å². The largest absolute Gasteiger partial charge is 0.490 e. The van der Waals surface area contributed by atoms with Crippen LogP contribution in [0.3, 0.4) is 0 Å². The standard InChI is InChI=1S/C8H17NO2.C2HF3O2/c1-7(2,3)8(4,9)6(10)11-5;3-2(4,5)1(6)7/h9H2,1-5H3;(H,6,7)/t8-;/m0./s1. The summed E-state index contributed by atoms with van der Waals surface area (Å²) in [6.07, 6.45) is -5.08. The zero-order chi connectivity index (χ0) is 15.4. The molecule has 0 heterocycles. The smallest absolute Gasteiger partial charge is 0.475 e. The molecule has 0 fully saturated rings. The quantitative estimate of drug-likeness (QED) is 0.707. The van der Waals surface area contributed by atoms with Gasteiger partial charge in [-0.05, 0) is 12.3 Å². The van der Waals surface area contributed by atoms with E-state index in [0.717, 1.165) is 0 Å². The van der Waals surface area contributed by atoms with Crippen molar-refractivity contribution in [1.82, 2.24) is 0 Å². The third-order valence-corrected chi connectivity index (χ3v) is 2.41. The zero-order valence-electron chi connectivity index (χ0n) is 10.9. The molecule has 0 spiro atoms. The third kappa shape index (κ3) is 5.85. The fourth-order valence-corrected chi connectivity index (χ4v) is 0.518. The predicted molar refractivity (Wildman–Crippen MR) is 57.8 cm³/mol. The number of carbonyl (C=O) groups excluding carboxylic acids is 1. The van der Waals surface area contributed by atoms with Crippen LogP contribution in [0.25, 0.3) is 0 Å². The molecule has 0 bridgehead atoms. The first-order chi connectivity index (χ1) is 7.67. The number of ether oxygens (including phenoxy) is 1. The van der Waals surface area contributed by atoms with Gasteiger partial charge in [0, 0.05) is 0 Å². The molecule has 0 unspecified atom stereocenters. The second-order valence-corrected chi connectivity index (χ2v) is 4.75. The Kier molecular flexibility index (Phi) is 6.38. The number of halogens is 3. The van der Waals surface area contributed by atoms with Gasteiger partial charge in [-0.1, -0.05) is 20.8 Å². The lowest BCUT2D eigenvalue weighted by Crippen LogP contribution is -2.55. The van der Waals surface area contributed by atoms with Gasteiger partial charge in [0.05, 0.1) is 7.11 Å². The third-order valence-electron chi connectivity index (χ3n) is 2.41. The Morgan fingerprint density at radius 1 is 1.11 bits per heavy atom. The first-order valence-electron chi connectivity index (χ1n) is 4.85. The first-order valence-corrected chi connectivity index (χ1v) is 4.85. The minimum Gasteiger partial charge on any atom is -0.475 e. The van der Waals surface area contributed by atoms with Crippen LogP contribution in [-0.2, 0) is 14.3 Å². The number of carboxylic acids is 1. The van der Waals surface area contributed by atoms with Crippen molar-refractivity contribution in [3.63, 3.8) is 0 Å². The van der Waals surface area contributed by atoms with Crippen molar-refractivity contribution in [2.45, 2.75) is 39.4 Å². The van der Waals surface area contributed by atoms with Crippen LogP contribution in [0.4, 0.5) is 13.2 Å². The van der Waals surface area contributed by atoms with E-state index < -0.39 is 17.7 Å². The maximum Gasteiger partial charge on any atom is 0.490 e. The minimum absolute atomic E-state index is 0.278. The van der Waals surface area contributed by atoms with Crippen molar-refractivity contribution in [2.75, 3.05) is 7.11 Å².